The lowest BCUT2D eigenvalue weighted by Crippen LogP contribution is -2.25. The van der Waals surface area contributed by atoms with E-state index < -0.39 is 5.82 Å². The van der Waals surface area contributed by atoms with Crippen LogP contribution >= 0.6 is 0 Å². The molecule has 1 rings (SSSR count). The van der Waals surface area contributed by atoms with Crippen molar-refractivity contribution in [1.29, 1.82) is 0 Å². The summed E-state index contributed by atoms with van der Waals surface area (Å²) in [7, 11) is 0. The summed E-state index contributed by atoms with van der Waals surface area (Å²) in [5, 5.41) is 13.7. The lowest BCUT2D eigenvalue weighted by molar-refractivity contribution is 0.0953. The zero-order valence-corrected chi connectivity index (χ0v) is 9.19. The van der Waals surface area contributed by atoms with Crippen LogP contribution in [0.2, 0.25) is 0 Å². The second-order valence-electron chi connectivity index (χ2n) is 3.46. The molecule has 1 aromatic carbocycles. The average Bonchev–Trinajstić information content (AvgIpc) is 2.34. The summed E-state index contributed by atoms with van der Waals surface area (Å²) in [6.07, 6.45) is 0.941. The Bertz CT molecular complexity index is 421. The van der Waals surface area contributed by atoms with Crippen molar-refractivity contribution >= 4 is 11.7 Å². The molecule has 0 heterocycles. The van der Waals surface area contributed by atoms with Gasteiger partial charge in [-0.25, -0.2) is 4.39 Å². The van der Waals surface area contributed by atoms with E-state index in [0.717, 1.165) is 0 Å². The number of amidine groups is 1. The summed E-state index contributed by atoms with van der Waals surface area (Å²) < 4.78 is 12.8. The van der Waals surface area contributed by atoms with Crippen molar-refractivity contribution < 1.29 is 14.4 Å². The Morgan fingerprint density at radius 2 is 2.29 bits per heavy atom. The maximum atomic E-state index is 12.8. The third kappa shape index (κ3) is 4.50. The van der Waals surface area contributed by atoms with Crippen LogP contribution in [0, 0.1) is 5.82 Å². The van der Waals surface area contributed by atoms with Gasteiger partial charge in [0.15, 0.2) is 0 Å². The molecule has 0 aliphatic heterocycles. The molecule has 4 N–H and O–H groups in total. The molecule has 92 valence electrons. The second-order valence-corrected chi connectivity index (χ2v) is 3.46. The quantitative estimate of drug-likeness (QED) is 0.236. The summed E-state index contributed by atoms with van der Waals surface area (Å²) >= 11 is 0. The van der Waals surface area contributed by atoms with Gasteiger partial charge in [0, 0.05) is 18.5 Å². The van der Waals surface area contributed by atoms with Crippen LogP contribution in [0.1, 0.15) is 23.2 Å². The molecule has 0 unspecified atom stereocenters. The minimum absolute atomic E-state index is 0.116. The van der Waals surface area contributed by atoms with Gasteiger partial charge in [0.05, 0.1) is 0 Å². The van der Waals surface area contributed by atoms with Crippen LogP contribution < -0.4 is 11.1 Å². The highest BCUT2D eigenvalue weighted by atomic mass is 19.1. The SMILES string of the molecule is N/C(CCCNC(=O)c1cccc(F)c1)=N/O. The number of oxime groups is 1. The van der Waals surface area contributed by atoms with E-state index in [4.69, 9.17) is 10.9 Å². The van der Waals surface area contributed by atoms with Crippen molar-refractivity contribution in [3.8, 4) is 0 Å². The first-order valence-corrected chi connectivity index (χ1v) is 5.13. The van der Waals surface area contributed by atoms with Crippen LogP contribution in [0.3, 0.4) is 0 Å². The van der Waals surface area contributed by atoms with Crippen LogP contribution in [0.15, 0.2) is 29.4 Å². The molecule has 5 nitrogen and oxygen atoms in total. The second kappa shape index (κ2) is 6.47. The van der Waals surface area contributed by atoms with Gasteiger partial charge in [-0.3, -0.25) is 4.79 Å². The van der Waals surface area contributed by atoms with E-state index in [1.54, 1.807) is 0 Å². The molecule has 1 aromatic rings. The molecule has 17 heavy (non-hydrogen) atoms. The predicted octanol–water partition coefficient (Wildman–Crippen LogP) is 1.08. The number of carbonyl (C=O) groups is 1. The van der Waals surface area contributed by atoms with Crippen LogP contribution in [0.25, 0.3) is 0 Å². The van der Waals surface area contributed by atoms with E-state index in [1.165, 1.54) is 24.3 Å². The van der Waals surface area contributed by atoms with Crippen LogP contribution in [0.5, 0.6) is 0 Å². The topological polar surface area (TPSA) is 87.7 Å². The number of amides is 1. The number of benzene rings is 1. The van der Waals surface area contributed by atoms with E-state index in [9.17, 15) is 9.18 Å². The highest BCUT2D eigenvalue weighted by Crippen LogP contribution is 2.03. The van der Waals surface area contributed by atoms with Gasteiger partial charge in [0.1, 0.15) is 11.7 Å². The molecule has 0 atom stereocenters. The summed E-state index contributed by atoms with van der Waals surface area (Å²) in [6, 6.07) is 5.44. The van der Waals surface area contributed by atoms with Gasteiger partial charge in [-0.15, -0.1) is 0 Å². The fourth-order valence-corrected chi connectivity index (χ4v) is 1.25. The van der Waals surface area contributed by atoms with Crippen LogP contribution in [-0.2, 0) is 0 Å². The molecule has 0 saturated carbocycles. The van der Waals surface area contributed by atoms with E-state index in [2.05, 4.69) is 10.5 Å². The Hall–Kier alpha value is -2.11. The fourth-order valence-electron chi connectivity index (χ4n) is 1.25. The van der Waals surface area contributed by atoms with Gasteiger partial charge < -0.3 is 16.3 Å². The third-order valence-corrected chi connectivity index (χ3v) is 2.11. The summed E-state index contributed by atoms with van der Waals surface area (Å²) in [4.78, 5) is 11.5. The number of hydrogen-bond donors (Lipinski definition) is 3. The normalized spacial score (nSPS) is 11.2. The number of hydrogen-bond acceptors (Lipinski definition) is 3. The summed E-state index contributed by atoms with van der Waals surface area (Å²) in [5.41, 5.74) is 5.53. The average molecular weight is 239 g/mol. The Morgan fingerprint density at radius 1 is 1.53 bits per heavy atom. The lowest BCUT2D eigenvalue weighted by Gasteiger charge is -2.04. The minimum atomic E-state index is -0.450. The predicted molar refractivity (Wildman–Crippen MR) is 61.4 cm³/mol. The Balaban J connectivity index is 2.35. The molecule has 0 aromatic heterocycles. The Kier molecular flexibility index (Phi) is 4.93. The largest absolute Gasteiger partial charge is 0.409 e. The summed E-state index contributed by atoms with van der Waals surface area (Å²) in [5.74, 6) is -0.677. The zero-order valence-electron chi connectivity index (χ0n) is 9.19. The van der Waals surface area contributed by atoms with E-state index in [-0.39, 0.29) is 17.3 Å². The lowest BCUT2D eigenvalue weighted by atomic mass is 10.2. The number of carbonyl (C=O) groups excluding carboxylic acids is 1. The molecular weight excluding hydrogens is 225 g/mol. The standard InChI is InChI=1S/C11H14FN3O2/c12-9-4-1-3-8(7-9)11(16)14-6-2-5-10(13)15-17/h1,3-4,7,17H,2,5-6H2,(H2,13,15)(H,14,16). The molecule has 6 heteroatoms. The number of halogens is 1. The smallest absolute Gasteiger partial charge is 0.251 e. The van der Waals surface area contributed by atoms with Gasteiger partial charge in [0.2, 0.25) is 0 Å². The van der Waals surface area contributed by atoms with E-state index in [1.807, 2.05) is 0 Å². The molecule has 0 fully saturated rings. The van der Waals surface area contributed by atoms with Gasteiger partial charge in [-0.05, 0) is 24.6 Å². The third-order valence-electron chi connectivity index (χ3n) is 2.11. The van der Waals surface area contributed by atoms with E-state index >= 15 is 0 Å². The highest BCUT2D eigenvalue weighted by molar-refractivity contribution is 5.94. The van der Waals surface area contributed by atoms with Crippen LogP contribution in [0.4, 0.5) is 4.39 Å². The number of nitrogens with two attached hydrogens (primary N) is 1. The molecule has 0 saturated heterocycles. The Morgan fingerprint density at radius 3 is 2.94 bits per heavy atom. The molecule has 0 aliphatic carbocycles. The first kappa shape index (κ1) is 13.0. The molecular formula is C11H14FN3O2. The molecule has 0 radical (unpaired) electrons. The monoisotopic (exact) mass is 239 g/mol. The first-order valence-electron chi connectivity index (χ1n) is 5.13. The number of nitrogens with zero attached hydrogens (tertiary/aromatic N) is 1. The van der Waals surface area contributed by atoms with Crippen molar-refractivity contribution in [2.24, 2.45) is 10.9 Å². The fraction of sp³-hybridized carbons (Fsp3) is 0.273. The van der Waals surface area contributed by atoms with Crippen LogP contribution in [-0.4, -0.2) is 23.5 Å². The van der Waals surface area contributed by atoms with Crippen molar-refractivity contribution in [2.45, 2.75) is 12.8 Å². The molecule has 0 spiro atoms. The molecule has 1 amide bonds. The highest BCUT2D eigenvalue weighted by Gasteiger charge is 2.05. The Labute approximate surface area is 98.1 Å². The molecule has 0 bridgehead atoms. The van der Waals surface area contributed by atoms with Crippen molar-refractivity contribution in [3.05, 3.63) is 35.6 Å². The number of nitrogens with one attached hydrogen (secondary N) is 1. The van der Waals surface area contributed by atoms with Gasteiger partial charge >= 0.3 is 0 Å². The zero-order chi connectivity index (χ0) is 12.7. The molecule has 0 aliphatic rings. The number of rotatable bonds is 5. The van der Waals surface area contributed by atoms with Gasteiger partial charge in [-0.1, -0.05) is 11.2 Å². The summed E-state index contributed by atoms with van der Waals surface area (Å²) in [6.45, 7) is 0.381. The van der Waals surface area contributed by atoms with Crippen molar-refractivity contribution in [3.63, 3.8) is 0 Å². The van der Waals surface area contributed by atoms with Crippen molar-refractivity contribution in [2.75, 3.05) is 6.54 Å². The van der Waals surface area contributed by atoms with Gasteiger partial charge in [0.25, 0.3) is 5.91 Å². The first-order chi connectivity index (χ1) is 8.13. The van der Waals surface area contributed by atoms with E-state index in [0.29, 0.717) is 19.4 Å². The maximum absolute atomic E-state index is 12.8. The van der Waals surface area contributed by atoms with Gasteiger partial charge in [-0.2, -0.15) is 0 Å². The van der Waals surface area contributed by atoms with Crippen molar-refractivity contribution in [1.82, 2.24) is 5.32 Å². The maximum Gasteiger partial charge on any atom is 0.251 e. The minimum Gasteiger partial charge on any atom is -0.409 e.